The molecule has 102 valence electrons. The van der Waals surface area contributed by atoms with Gasteiger partial charge >= 0.3 is 0 Å². The van der Waals surface area contributed by atoms with Crippen molar-refractivity contribution in [2.75, 3.05) is 19.3 Å². The zero-order valence-electron chi connectivity index (χ0n) is 10.7. The third-order valence-electron chi connectivity index (χ3n) is 2.71. The standard InChI is InChI=1S/C12H19BrN2O2S/c1-11(13)5-9-15(2)18(16,17)10-6-12-3-7-14-8-4-12/h3-4,7-8,11H,5-6,9-10H2,1-2H3. The smallest absolute Gasteiger partial charge is 0.214 e. The van der Waals surface area contributed by atoms with E-state index >= 15 is 0 Å². The van der Waals surface area contributed by atoms with Gasteiger partial charge in [-0.1, -0.05) is 22.9 Å². The van der Waals surface area contributed by atoms with Gasteiger partial charge in [0.1, 0.15) is 0 Å². The molecule has 0 aliphatic carbocycles. The molecule has 0 saturated carbocycles. The molecular weight excluding hydrogens is 316 g/mol. The molecule has 1 aromatic rings. The third kappa shape index (κ3) is 5.46. The molecule has 1 unspecified atom stereocenters. The van der Waals surface area contributed by atoms with Crippen LogP contribution in [0, 0.1) is 0 Å². The SMILES string of the molecule is CC(Br)CCN(C)S(=O)(=O)CCc1ccncc1. The van der Waals surface area contributed by atoms with Crippen LogP contribution in [0.25, 0.3) is 0 Å². The number of hydrogen-bond acceptors (Lipinski definition) is 3. The van der Waals surface area contributed by atoms with Crippen LogP contribution in [0.1, 0.15) is 18.9 Å². The highest BCUT2D eigenvalue weighted by atomic mass is 79.9. The Morgan fingerprint density at radius 2 is 2.00 bits per heavy atom. The monoisotopic (exact) mass is 334 g/mol. The fourth-order valence-electron chi connectivity index (χ4n) is 1.45. The zero-order chi connectivity index (χ0) is 13.6. The van der Waals surface area contributed by atoms with Crippen LogP contribution in [0.2, 0.25) is 0 Å². The number of aromatic nitrogens is 1. The van der Waals surface area contributed by atoms with Crippen molar-refractivity contribution in [3.05, 3.63) is 30.1 Å². The molecule has 0 saturated heterocycles. The van der Waals surface area contributed by atoms with E-state index in [1.165, 1.54) is 4.31 Å². The predicted molar refractivity (Wildman–Crippen MR) is 77.4 cm³/mol. The van der Waals surface area contributed by atoms with Crippen LogP contribution in [-0.4, -0.2) is 41.9 Å². The molecule has 0 aliphatic heterocycles. The fraction of sp³-hybridized carbons (Fsp3) is 0.583. The second kappa shape index (κ2) is 7.21. The molecule has 1 atom stereocenters. The molecule has 1 heterocycles. The average Bonchev–Trinajstić information content (AvgIpc) is 2.34. The van der Waals surface area contributed by atoms with Crippen LogP contribution >= 0.6 is 15.9 Å². The second-order valence-electron chi connectivity index (χ2n) is 4.31. The summed E-state index contributed by atoms with van der Waals surface area (Å²) in [5.41, 5.74) is 0.996. The van der Waals surface area contributed by atoms with Crippen molar-refractivity contribution >= 4 is 26.0 Å². The molecular formula is C12H19BrN2O2S. The van der Waals surface area contributed by atoms with Gasteiger partial charge in [-0.3, -0.25) is 4.98 Å². The highest BCUT2D eigenvalue weighted by Crippen LogP contribution is 2.08. The minimum atomic E-state index is -3.16. The van der Waals surface area contributed by atoms with Crippen LogP contribution in [0.15, 0.2) is 24.5 Å². The molecule has 0 aliphatic rings. The van der Waals surface area contributed by atoms with Crippen molar-refractivity contribution in [3.63, 3.8) is 0 Å². The van der Waals surface area contributed by atoms with Crippen molar-refractivity contribution < 1.29 is 8.42 Å². The van der Waals surface area contributed by atoms with Crippen molar-refractivity contribution in [2.45, 2.75) is 24.6 Å². The predicted octanol–water partition coefficient (Wildman–Crippen LogP) is 2.06. The first-order chi connectivity index (χ1) is 8.42. The number of pyridine rings is 1. The lowest BCUT2D eigenvalue weighted by Gasteiger charge is -2.17. The van der Waals surface area contributed by atoms with Gasteiger partial charge in [-0.25, -0.2) is 12.7 Å². The Bertz CT molecular complexity index is 448. The number of rotatable bonds is 7. The minimum Gasteiger partial charge on any atom is -0.265 e. The second-order valence-corrected chi connectivity index (χ2v) is 8.07. The fourth-order valence-corrected chi connectivity index (χ4v) is 2.84. The van der Waals surface area contributed by atoms with E-state index in [2.05, 4.69) is 20.9 Å². The van der Waals surface area contributed by atoms with E-state index in [-0.39, 0.29) is 5.75 Å². The number of nitrogens with zero attached hydrogens (tertiary/aromatic N) is 2. The summed E-state index contributed by atoms with van der Waals surface area (Å²) >= 11 is 3.42. The lowest BCUT2D eigenvalue weighted by Crippen LogP contribution is -2.31. The molecule has 0 fully saturated rings. The van der Waals surface area contributed by atoms with E-state index in [4.69, 9.17) is 0 Å². The van der Waals surface area contributed by atoms with Crippen LogP contribution < -0.4 is 0 Å². The summed E-state index contributed by atoms with van der Waals surface area (Å²) in [7, 11) is -1.53. The zero-order valence-corrected chi connectivity index (χ0v) is 13.1. The van der Waals surface area contributed by atoms with Gasteiger partial charge in [0.2, 0.25) is 10.0 Å². The molecule has 0 aromatic carbocycles. The lowest BCUT2D eigenvalue weighted by atomic mass is 10.2. The first-order valence-corrected chi connectivity index (χ1v) is 8.41. The molecule has 0 bridgehead atoms. The highest BCUT2D eigenvalue weighted by Gasteiger charge is 2.17. The molecule has 1 aromatic heterocycles. The van der Waals surface area contributed by atoms with E-state index in [1.807, 2.05) is 19.1 Å². The van der Waals surface area contributed by atoms with Crippen LogP contribution in [0.3, 0.4) is 0 Å². The summed E-state index contributed by atoms with van der Waals surface area (Å²) in [5.74, 6) is 0.143. The number of halogens is 1. The summed E-state index contributed by atoms with van der Waals surface area (Å²) in [4.78, 5) is 4.24. The van der Waals surface area contributed by atoms with Crippen molar-refractivity contribution in [3.8, 4) is 0 Å². The van der Waals surface area contributed by atoms with Gasteiger partial charge in [-0.2, -0.15) is 0 Å². The van der Waals surface area contributed by atoms with Gasteiger partial charge in [0, 0.05) is 30.8 Å². The molecule has 0 radical (unpaired) electrons. The normalized spacial score (nSPS) is 13.8. The lowest BCUT2D eigenvalue weighted by molar-refractivity contribution is 0.462. The van der Waals surface area contributed by atoms with Gasteiger partial charge in [0.25, 0.3) is 0 Å². The van der Waals surface area contributed by atoms with Crippen molar-refractivity contribution in [1.82, 2.24) is 9.29 Å². The Balaban J connectivity index is 2.49. The summed E-state index contributed by atoms with van der Waals surface area (Å²) in [5, 5.41) is 0. The Kier molecular flexibility index (Phi) is 6.25. The largest absolute Gasteiger partial charge is 0.265 e. The first kappa shape index (κ1) is 15.6. The summed E-state index contributed by atoms with van der Waals surface area (Å²) in [6.07, 6.45) is 4.69. The van der Waals surface area contributed by atoms with Crippen LogP contribution in [0.5, 0.6) is 0 Å². The molecule has 0 N–H and O–H groups in total. The number of hydrogen-bond donors (Lipinski definition) is 0. The van der Waals surface area contributed by atoms with Crippen molar-refractivity contribution in [1.29, 1.82) is 0 Å². The summed E-state index contributed by atoms with van der Waals surface area (Å²) in [6, 6.07) is 3.69. The maximum atomic E-state index is 12.0. The maximum absolute atomic E-state index is 12.0. The van der Waals surface area contributed by atoms with Gasteiger partial charge in [-0.15, -0.1) is 0 Å². The highest BCUT2D eigenvalue weighted by molar-refractivity contribution is 9.09. The summed E-state index contributed by atoms with van der Waals surface area (Å²) < 4.78 is 25.5. The molecule has 4 nitrogen and oxygen atoms in total. The Hall–Kier alpha value is -0.460. The van der Waals surface area contributed by atoms with E-state index in [0.717, 1.165) is 12.0 Å². The van der Waals surface area contributed by atoms with Gasteiger partial charge in [0.05, 0.1) is 5.75 Å². The topological polar surface area (TPSA) is 50.3 Å². The van der Waals surface area contributed by atoms with Gasteiger partial charge in [-0.05, 0) is 30.5 Å². The Morgan fingerprint density at radius 3 is 2.56 bits per heavy atom. The van der Waals surface area contributed by atoms with E-state index in [0.29, 0.717) is 17.8 Å². The van der Waals surface area contributed by atoms with E-state index < -0.39 is 10.0 Å². The number of alkyl halides is 1. The number of sulfonamides is 1. The quantitative estimate of drug-likeness (QED) is 0.717. The average molecular weight is 335 g/mol. The van der Waals surface area contributed by atoms with Crippen molar-refractivity contribution in [2.24, 2.45) is 0 Å². The van der Waals surface area contributed by atoms with Gasteiger partial charge in [0.15, 0.2) is 0 Å². The van der Waals surface area contributed by atoms with E-state index in [9.17, 15) is 8.42 Å². The first-order valence-electron chi connectivity index (χ1n) is 5.89. The van der Waals surface area contributed by atoms with Gasteiger partial charge < -0.3 is 0 Å². The maximum Gasteiger partial charge on any atom is 0.214 e. The van der Waals surface area contributed by atoms with Crippen LogP contribution in [-0.2, 0) is 16.4 Å². The van der Waals surface area contributed by atoms with Crippen LogP contribution in [0.4, 0.5) is 0 Å². The minimum absolute atomic E-state index is 0.143. The molecule has 0 amide bonds. The van der Waals surface area contributed by atoms with E-state index in [1.54, 1.807) is 19.4 Å². The Labute approximate surface area is 118 Å². The number of aryl methyl sites for hydroxylation is 1. The third-order valence-corrected chi connectivity index (χ3v) is 5.02. The summed E-state index contributed by atoms with van der Waals surface area (Å²) in [6.45, 7) is 2.56. The molecule has 18 heavy (non-hydrogen) atoms. The Morgan fingerprint density at radius 1 is 1.39 bits per heavy atom. The molecule has 6 heteroatoms. The molecule has 0 spiro atoms. The molecule has 1 rings (SSSR count).